The molecular formula is C13H19N3. The maximum atomic E-state index is 4.26. The zero-order valence-electron chi connectivity index (χ0n) is 9.60. The van der Waals surface area contributed by atoms with E-state index in [0.29, 0.717) is 6.04 Å². The molecular weight excluding hydrogens is 198 g/mol. The third-order valence-electron chi connectivity index (χ3n) is 3.53. The summed E-state index contributed by atoms with van der Waals surface area (Å²) in [5.41, 5.74) is 1.34. The molecule has 1 atom stereocenters. The second-order valence-corrected chi connectivity index (χ2v) is 4.89. The van der Waals surface area contributed by atoms with Gasteiger partial charge in [-0.3, -0.25) is 0 Å². The Kier molecular flexibility index (Phi) is 2.79. The van der Waals surface area contributed by atoms with Crippen molar-refractivity contribution in [3.63, 3.8) is 0 Å². The van der Waals surface area contributed by atoms with E-state index in [2.05, 4.69) is 27.0 Å². The van der Waals surface area contributed by atoms with Gasteiger partial charge in [0.1, 0.15) is 0 Å². The summed E-state index contributed by atoms with van der Waals surface area (Å²) in [6, 6.07) is 1.40. The lowest BCUT2D eigenvalue weighted by molar-refractivity contribution is 0.464. The molecule has 1 heterocycles. The van der Waals surface area contributed by atoms with Gasteiger partial charge in [-0.2, -0.15) is 0 Å². The minimum absolute atomic E-state index is 0.660. The quantitative estimate of drug-likeness (QED) is 0.785. The molecule has 0 spiro atoms. The number of rotatable bonds is 4. The van der Waals surface area contributed by atoms with E-state index in [1.807, 2.05) is 12.5 Å². The van der Waals surface area contributed by atoms with Crippen molar-refractivity contribution in [1.82, 2.24) is 14.9 Å². The van der Waals surface area contributed by atoms with E-state index in [1.165, 1.54) is 37.8 Å². The van der Waals surface area contributed by atoms with Gasteiger partial charge >= 0.3 is 0 Å². The number of hydrogen-bond donors (Lipinski definition) is 1. The first-order chi connectivity index (χ1) is 7.93. The molecule has 1 unspecified atom stereocenters. The second kappa shape index (κ2) is 4.42. The second-order valence-electron chi connectivity index (χ2n) is 4.89. The Balaban J connectivity index is 1.57. The van der Waals surface area contributed by atoms with Crippen molar-refractivity contribution in [2.24, 2.45) is 0 Å². The molecule has 1 fully saturated rings. The lowest BCUT2D eigenvalue weighted by Gasteiger charge is -2.19. The Morgan fingerprint density at radius 2 is 2.25 bits per heavy atom. The fraction of sp³-hybridized carbons (Fsp3) is 0.615. The lowest BCUT2D eigenvalue weighted by Crippen LogP contribution is -2.29. The molecule has 2 aliphatic carbocycles. The summed E-state index contributed by atoms with van der Waals surface area (Å²) in [5.74, 6) is 0. The average Bonchev–Trinajstić information content (AvgIpc) is 3.07. The number of allylic oxidation sites excluding steroid dienone is 1. The van der Waals surface area contributed by atoms with Crippen LogP contribution in [0.15, 0.2) is 24.7 Å². The summed E-state index contributed by atoms with van der Waals surface area (Å²) in [7, 11) is 0. The van der Waals surface area contributed by atoms with Crippen molar-refractivity contribution >= 4 is 0 Å². The highest BCUT2D eigenvalue weighted by molar-refractivity contribution is 5.04. The van der Waals surface area contributed by atoms with Gasteiger partial charge in [0.2, 0.25) is 0 Å². The first-order valence-corrected chi connectivity index (χ1v) is 6.32. The number of imidazole rings is 1. The summed E-state index contributed by atoms with van der Waals surface area (Å²) in [5, 5.41) is 3.63. The Morgan fingerprint density at radius 3 is 3.00 bits per heavy atom. The third kappa shape index (κ3) is 2.19. The maximum absolute atomic E-state index is 4.26. The van der Waals surface area contributed by atoms with Crippen molar-refractivity contribution in [3.8, 4) is 0 Å². The van der Waals surface area contributed by atoms with E-state index in [4.69, 9.17) is 0 Å². The average molecular weight is 217 g/mol. The predicted octanol–water partition coefficient (Wildman–Crippen LogP) is 2.42. The van der Waals surface area contributed by atoms with Crippen LogP contribution < -0.4 is 5.32 Å². The Labute approximate surface area is 96.6 Å². The van der Waals surface area contributed by atoms with E-state index < -0.39 is 0 Å². The summed E-state index contributed by atoms with van der Waals surface area (Å²) in [6.45, 7) is 0.967. The van der Waals surface area contributed by atoms with Crippen LogP contribution in [-0.2, 0) is 6.54 Å². The van der Waals surface area contributed by atoms with Crippen molar-refractivity contribution < 1.29 is 0 Å². The van der Waals surface area contributed by atoms with E-state index in [9.17, 15) is 0 Å². The van der Waals surface area contributed by atoms with Gasteiger partial charge in [0.25, 0.3) is 0 Å². The molecule has 1 aromatic heterocycles. The molecule has 0 amide bonds. The molecule has 1 aromatic rings. The summed E-state index contributed by atoms with van der Waals surface area (Å²) in [4.78, 5) is 4.26. The smallest absolute Gasteiger partial charge is 0.0951 e. The molecule has 1 N–H and O–H groups in total. The van der Waals surface area contributed by atoms with Crippen LogP contribution in [0.3, 0.4) is 0 Å². The van der Waals surface area contributed by atoms with Gasteiger partial charge in [0.05, 0.1) is 12.0 Å². The zero-order chi connectivity index (χ0) is 10.8. The molecule has 1 saturated carbocycles. The van der Waals surface area contributed by atoms with Gasteiger partial charge in [-0.25, -0.2) is 4.98 Å². The predicted molar refractivity (Wildman–Crippen MR) is 64.1 cm³/mol. The van der Waals surface area contributed by atoms with Crippen LogP contribution in [0.25, 0.3) is 0 Å². The number of nitrogens with one attached hydrogen (secondary N) is 1. The number of aromatic nitrogens is 2. The van der Waals surface area contributed by atoms with Crippen molar-refractivity contribution in [1.29, 1.82) is 0 Å². The first kappa shape index (κ1) is 10.1. The van der Waals surface area contributed by atoms with Crippen LogP contribution in [0.4, 0.5) is 0 Å². The summed E-state index contributed by atoms with van der Waals surface area (Å²) >= 11 is 0. The normalized spacial score (nSPS) is 24.9. The first-order valence-electron chi connectivity index (χ1n) is 6.32. The van der Waals surface area contributed by atoms with Crippen LogP contribution in [0.1, 0.15) is 43.8 Å². The molecule has 16 heavy (non-hydrogen) atoms. The monoisotopic (exact) mass is 217 g/mol. The van der Waals surface area contributed by atoms with E-state index in [1.54, 1.807) is 0 Å². The molecule has 86 valence electrons. The highest BCUT2D eigenvalue weighted by Gasteiger charge is 2.25. The SMILES string of the molecule is C1=CCC(NCc2cncn2C2CC2)CC1. The molecule has 0 radical (unpaired) electrons. The van der Waals surface area contributed by atoms with Crippen LogP contribution in [0.2, 0.25) is 0 Å². The molecule has 2 aliphatic rings. The molecule has 0 aliphatic heterocycles. The van der Waals surface area contributed by atoms with Gasteiger partial charge in [-0.05, 0) is 32.1 Å². The highest BCUT2D eigenvalue weighted by Crippen LogP contribution is 2.35. The molecule has 0 aromatic carbocycles. The Hall–Kier alpha value is -1.09. The Bertz CT molecular complexity index is 376. The van der Waals surface area contributed by atoms with Gasteiger partial charge in [-0.15, -0.1) is 0 Å². The Morgan fingerprint density at radius 1 is 1.31 bits per heavy atom. The van der Waals surface area contributed by atoms with Crippen LogP contribution >= 0.6 is 0 Å². The van der Waals surface area contributed by atoms with Crippen molar-refractivity contribution in [2.45, 2.75) is 50.7 Å². The minimum Gasteiger partial charge on any atom is -0.330 e. The highest BCUT2D eigenvalue weighted by atomic mass is 15.1. The fourth-order valence-electron chi connectivity index (χ4n) is 2.38. The van der Waals surface area contributed by atoms with Gasteiger partial charge in [-0.1, -0.05) is 12.2 Å². The maximum Gasteiger partial charge on any atom is 0.0951 e. The molecule has 0 bridgehead atoms. The molecule has 3 nitrogen and oxygen atoms in total. The standard InChI is InChI=1S/C13H19N3/c1-2-4-11(5-3-1)15-9-13-8-14-10-16(13)12-6-7-12/h1-2,8,10-12,15H,3-7,9H2. The molecule has 3 heteroatoms. The van der Waals surface area contributed by atoms with E-state index >= 15 is 0 Å². The van der Waals surface area contributed by atoms with Gasteiger partial charge in [0.15, 0.2) is 0 Å². The van der Waals surface area contributed by atoms with Crippen LogP contribution in [0.5, 0.6) is 0 Å². The summed E-state index contributed by atoms with van der Waals surface area (Å²) in [6.07, 6.45) is 14.9. The third-order valence-corrected chi connectivity index (χ3v) is 3.53. The van der Waals surface area contributed by atoms with E-state index in [-0.39, 0.29) is 0 Å². The van der Waals surface area contributed by atoms with Gasteiger partial charge in [0, 0.05) is 24.8 Å². The van der Waals surface area contributed by atoms with Crippen LogP contribution in [-0.4, -0.2) is 15.6 Å². The van der Waals surface area contributed by atoms with Crippen LogP contribution in [0, 0.1) is 0 Å². The molecule has 0 saturated heterocycles. The summed E-state index contributed by atoms with van der Waals surface area (Å²) < 4.78 is 2.34. The largest absolute Gasteiger partial charge is 0.330 e. The van der Waals surface area contributed by atoms with Crippen molar-refractivity contribution in [3.05, 3.63) is 30.4 Å². The minimum atomic E-state index is 0.660. The van der Waals surface area contributed by atoms with E-state index in [0.717, 1.165) is 12.6 Å². The number of hydrogen-bond acceptors (Lipinski definition) is 2. The van der Waals surface area contributed by atoms with Crippen molar-refractivity contribution in [2.75, 3.05) is 0 Å². The number of nitrogens with zero attached hydrogens (tertiary/aromatic N) is 2. The van der Waals surface area contributed by atoms with Gasteiger partial charge < -0.3 is 9.88 Å². The zero-order valence-corrected chi connectivity index (χ0v) is 9.60. The topological polar surface area (TPSA) is 29.9 Å². The lowest BCUT2D eigenvalue weighted by atomic mass is 10.0. The fourth-order valence-corrected chi connectivity index (χ4v) is 2.38. The molecule has 3 rings (SSSR count).